The quantitative estimate of drug-likeness (QED) is 0.0251. The van der Waals surface area contributed by atoms with Crippen LogP contribution in [0.5, 0.6) is 28.7 Å². The zero-order valence-electron chi connectivity index (χ0n) is 47.0. The number of para-hydroxylation sites is 4. The first-order chi connectivity index (χ1) is 38.7. The largest absolute Gasteiger partial charge is 0.530 e. The molecule has 3 atom stereocenters. The Balaban J connectivity index is 0.000000247. The van der Waals surface area contributed by atoms with Crippen LogP contribution >= 0.6 is 16.8 Å². The fourth-order valence-electron chi connectivity index (χ4n) is 8.05. The fourth-order valence-corrected chi connectivity index (χ4v) is 10.6. The van der Waals surface area contributed by atoms with Gasteiger partial charge in [0.15, 0.2) is 18.4 Å². The Morgan fingerprint density at radius 1 is 0.646 bits per heavy atom. The standard InChI is InChI=1S/C36H37O9P.C13H17O3P.C11H18O2.C3H8/c1-3-10-25-23-26(38-2)17-18-27(25)35(37)29-12-5-8-15-32(29)44-46(45-33-16-9-6-13-30(33)36-41-21-22-42-36)43-31-14-7-4-11-28(31)34-24-39-19-20-40-34;1-17(10-6-7-10)16-12-5-3-2-4-11(12)13-14-8-9-15-13;1-4-5-6-7-11(2)10-13-9-8-12-3;1-3-2/h4-9,11-18,23,34,36H,3,10,19-22,24H2,1-2H3;2-5,10,13H,6-9H2,1H3;4-7H,1,8-10H2,2-3H3;3H2,1-2H3/b;;6-5-,11-7+;. The second kappa shape index (κ2) is 35.3. The maximum absolute atomic E-state index is 14.1. The first kappa shape index (κ1) is 62.7. The number of benzene rings is 5. The monoisotopic (exact) mass is 1120 g/mol. The minimum Gasteiger partial charge on any atom is -0.497 e. The summed E-state index contributed by atoms with van der Waals surface area (Å²) in [7, 11) is 0.768. The number of carbonyl (C=O) groups excluding carboxylic acids is 1. The third kappa shape index (κ3) is 20.5. The van der Waals surface area contributed by atoms with E-state index >= 15 is 0 Å². The van der Waals surface area contributed by atoms with E-state index in [4.69, 9.17) is 60.7 Å². The van der Waals surface area contributed by atoms with Crippen molar-refractivity contribution in [2.24, 2.45) is 0 Å². The minimum atomic E-state index is -2.17. The summed E-state index contributed by atoms with van der Waals surface area (Å²) < 4.78 is 75.6. The van der Waals surface area contributed by atoms with Gasteiger partial charge in [0.25, 0.3) is 0 Å². The molecule has 79 heavy (non-hydrogen) atoms. The van der Waals surface area contributed by atoms with Crippen LogP contribution in [0.25, 0.3) is 0 Å². The SMILES string of the molecule is C=C/C=C\C=C(/C)COCCOC.CCC.CCCc1cc(OC)ccc1C(=O)c1ccccc1OP(Oc1ccccc1C1COCCO1)Oc1ccccc1C1OCCO1.CP(Oc1ccccc1C1OCCO1)C1CC1. The molecular weight excluding hydrogens is 1040 g/mol. The Bertz CT molecular complexity index is 2640. The van der Waals surface area contributed by atoms with E-state index < -0.39 is 14.9 Å². The lowest BCUT2D eigenvalue weighted by molar-refractivity contribution is -0.0905. The van der Waals surface area contributed by atoms with Crippen molar-refractivity contribution in [3.05, 3.63) is 185 Å². The van der Waals surface area contributed by atoms with Crippen LogP contribution in [0.1, 0.15) is 110 Å². The van der Waals surface area contributed by atoms with E-state index in [0.29, 0.717) is 106 Å². The van der Waals surface area contributed by atoms with Crippen LogP contribution in [0.2, 0.25) is 0 Å². The molecule has 5 aromatic carbocycles. The molecule has 4 fully saturated rings. The molecule has 4 aliphatic rings. The van der Waals surface area contributed by atoms with Gasteiger partial charge in [0, 0.05) is 23.9 Å². The molecule has 5 aromatic rings. The number of methoxy groups -OCH3 is 2. The first-order valence-corrected chi connectivity index (χ1v) is 30.1. The van der Waals surface area contributed by atoms with Crippen molar-refractivity contribution in [2.45, 2.75) is 84.1 Å². The molecule has 0 spiro atoms. The molecule has 3 unspecified atom stereocenters. The van der Waals surface area contributed by atoms with Crippen molar-refractivity contribution in [3.8, 4) is 28.7 Å². The van der Waals surface area contributed by atoms with E-state index in [0.717, 1.165) is 40.9 Å². The van der Waals surface area contributed by atoms with Crippen molar-refractivity contribution in [1.29, 1.82) is 0 Å². The molecule has 426 valence electrons. The molecule has 0 N–H and O–H groups in total. The highest BCUT2D eigenvalue weighted by atomic mass is 31.2. The van der Waals surface area contributed by atoms with Gasteiger partial charge in [-0.1, -0.05) is 131 Å². The fraction of sp³-hybridized carbons (Fsp3) is 0.413. The normalized spacial score (nSPS) is 17.2. The van der Waals surface area contributed by atoms with E-state index in [1.54, 1.807) is 44.6 Å². The predicted octanol–water partition coefficient (Wildman–Crippen LogP) is 14.8. The van der Waals surface area contributed by atoms with E-state index in [-0.39, 0.29) is 26.3 Å². The Morgan fingerprint density at radius 2 is 1.19 bits per heavy atom. The van der Waals surface area contributed by atoms with Crippen molar-refractivity contribution < 1.29 is 65.5 Å². The summed E-state index contributed by atoms with van der Waals surface area (Å²) in [6, 6.07) is 35.7. The average Bonchev–Trinajstić information content (AvgIpc) is 3.94. The van der Waals surface area contributed by atoms with Gasteiger partial charge in [-0.15, -0.1) is 0 Å². The molecule has 9 rings (SSSR count). The highest BCUT2D eigenvalue weighted by Gasteiger charge is 2.33. The van der Waals surface area contributed by atoms with Gasteiger partial charge in [0.1, 0.15) is 34.9 Å². The molecule has 3 saturated heterocycles. The maximum Gasteiger partial charge on any atom is 0.530 e. The van der Waals surface area contributed by atoms with E-state index in [2.05, 4.69) is 34.0 Å². The Morgan fingerprint density at radius 3 is 1.75 bits per heavy atom. The first-order valence-electron chi connectivity index (χ1n) is 27.2. The van der Waals surface area contributed by atoms with Gasteiger partial charge in [-0.3, -0.25) is 4.79 Å². The number of hydrogen-bond donors (Lipinski definition) is 0. The summed E-state index contributed by atoms with van der Waals surface area (Å²) in [6.07, 6.45) is 12.0. The van der Waals surface area contributed by atoms with E-state index in [1.165, 1.54) is 24.8 Å². The van der Waals surface area contributed by atoms with Crippen LogP contribution in [0.15, 0.2) is 152 Å². The molecule has 3 heterocycles. The van der Waals surface area contributed by atoms with Gasteiger partial charge < -0.3 is 60.7 Å². The number of carbonyl (C=O) groups is 1. The molecule has 0 amide bonds. The topological polar surface area (TPSA) is 137 Å². The molecule has 0 radical (unpaired) electrons. The lowest BCUT2D eigenvalue weighted by atomic mass is 9.95. The van der Waals surface area contributed by atoms with Gasteiger partial charge in [-0.25, -0.2) is 0 Å². The number of allylic oxidation sites excluding steroid dienone is 4. The molecule has 16 heteroatoms. The summed E-state index contributed by atoms with van der Waals surface area (Å²) in [4.78, 5) is 14.1. The van der Waals surface area contributed by atoms with Gasteiger partial charge in [-0.05, 0) is 92.5 Å². The lowest BCUT2D eigenvalue weighted by Gasteiger charge is -2.26. The highest BCUT2D eigenvalue weighted by molar-refractivity contribution is 7.53. The van der Waals surface area contributed by atoms with Crippen molar-refractivity contribution in [1.82, 2.24) is 0 Å². The number of ketones is 1. The molecule has 1 saturated carbocycles. The smallest absolute Gasteiger partial charge is 0.497 e. The van der Waals surface area contributed by atoms with Gasteiger partial charge in [0.05, 0.1) is 98.0 Å². The van der Waals surface area contributed by atoms with Crippen molar-refractivity contribution in [2.75, 3.05) is 87.0 Å². The minimum absolute atomic E-state index is 0.169. The van der Waals surface area contributed by atoms with Crippen molar-refractivity contribution in [3.63, 3.8) is 0 Å². The zero-order valence-corrected chi connectivity index (χ0v) is 48.8. The molecular formula is C63H80O14P2. The third-order valence-electron chi connectivity index (χ3n) is 12.1. The number of aryl methyl sites for hydroxylation is 1. The second-order valence-electron chi connectivity index (χ2n) is 18.5. The summed E-state index contributed by atoms with van der Waals surface area (Å²) in [5.74, 6) is 2.81. The molecule has 0 aromatic heterocycles. The van der Waals surface area contributed by atoms with Gasteiger partial charge >= 0.3 is 8.60 Å². The van der Waals surface area contributed by atoms with Crippen molar-refractivity contribution >= 4 is 22.5 Å². The Labute approximate surface area is 471 Å². The van der Waals surface area contributed by atoms with Crippen LogP contribution in [0, 0.1) is 0 Å². The molecule has 0 bridgehead atoms. The van der Waals surface area contributed by atoms with Crippen LogP contribution < -0.4 is 22.8 Å². The molecule has 1 aliphatic carbocycles. The summed E-state index contributed by atoms with van der Waals surface area (Å²) in [5.41, 5.74) is 6.42. The van der Waals surface area contributed by atoms with Gasteiger partial charge in [-0.2, -0.15) is 0 Å². The number of hydrogen-bond acceptors (Lipinski definition) is 14. The van der Waals surface area contributed by atoms with Crippen LogP contribution in [0.3, 0.4) is 0 Å². The zero-order chi connectivity index (χ0) is 56.0. The number of ether oxygens (including phenoxy) is 9. The van der Waals surface area contributed by atoms with Crippen LogP contribution in [-0.4, -0.2) is 98.4 Å². The van der Waals surface area contributed by atoms with E-state index in [1.807, 2.05) is 116 Å². The molecule has 3 aliphatic heterocycles. The summed E-state index contributed by atoms with van der Waals surface area (Å²) >= 11 is 0. The lowest BCUT2D eigenvalue weighted by Crippen LogP contribution is -2.22. The van der Waals surface area contributed by atoms with Crippen LogP contribution in [0.4, 0.5) is 0 Å². The van der Waals surface area contributed by atoms with Gasteiger partial charge in [0.2, 0.25) is 0 Å². The summed E-state index contributed by atoms with van der Waals surface area (Å²) in [6.45, 7) is 19.8. The maximum atomic E-state index is 14.1. The van der Waals surface area contributed by atoms with Crippen LogP contribution in [-0.2, 0) is 44.3 Å². The predicted molar refractivity (Wildman–Crippen MR) is 312 cm³/mol. The third-order valence-corrected chi connectivity index (χ3v) is 15.2. The Kier molecular flexibility index (Phi) is 28.0. The highest BCUT2D eigenvalue weighted by Crippen LogP contribution is 2.53. The molecule has 14 nitrogen and oxygen atoms in total. The second-order valence-corrected chi connectivity index (χ2v) is 21.5. The number of rotatable bonds is 24. The Hall–Kier alpha value is -5.47. The average molecular weight is 1120 g/mol. The van der Waals surface area contributed by atoms with E-state index in [9.17, 15) is 4.79 Å². The summed E-state index contributed by atoms with van der Waals surface area (Å²) in [5, 5.41) is 0.